The number of halogens is 2. The first kappa shape index (κ1) is 21.3. The van der Waals surface area contributed by atoms with E-state index in [1.807, 2.05) is 6.92 Å². The maximum Gasteiger partial charge on any atom is 0.261 e. The number of fused-ring (bicyclic) bond motifs is 3. The van der Waals surface area contributed by atoms with Gasteiger partial charge < -0.3 is 15.4 Å². The van der Waals surface area contributed by atoms with Gasteiger partial charge in [-0.3, -0.25) is 4.79 Å². The van der Waals surface area contributed by atoms with Crippen LogP contribution in [0.5, 0.6) is 5.75 Å². The molecule has 32 heavy (non-hydrogen) atoms. The molecule has 3 aromatic heterocycles. The number of benzene rings is 1. The van der Waals surface area contributed by atoms with E-state index in [2.05, 4.69) is 10.1 Å². The van der Waals surface area contributed by atoms with Crippen molar-refractivity contribution in [1.82, 2.24) is 19.5 Å². The highest BCUT2D eigenvalue weighted by Gasteiger charge is 2.38. The molecule has 1 aromatic carbocycles. The monoisotopic (exact) mass is 491 g/mol. The summed E-state index contributed by atoms with van der Waals surface area (Å²) in [6.07, 6.45) is 0.561. The molecule has 11 heteroatoms. The van der Waals surface area contributed by atoms with Crippen LogP contribution < -0.4 is 10.5 Å². The van der Waals surface area contributed by atoms with Gasteiger partial charge in [0.1, 0.15) is 22.6 Å². The number of aryl methyl sites for hydroxylation is 1. The van der Waals surface area contributed by atoms with Crippen LogP contribution in [0.3, 0.4) is 0 Å². The predicted molar refractivity (Wildman–Crippen MR) is 122 cm³/mol. The highest BCUT2D eigenvalue weighted by Crippen LogP contribution is 2.39. The first-order valence-corrected chi connectivity index (χ1v) is 12.0. The van der Waals surface area contributed by atoms with E-state index in [1.54, 1.807) is 33.0 Å². The van der Waals surface area contributed by atoms with Gasteiger partial charge in [-0.25, -0.2) is 13.9 Å². The van der Waals surface area contributed by atoms with Gasteiger partial charge in [-0.15, -0.1) is 11.3 Å². The molecule has 5 rings (SSSR count). The Balaban J connectivity index is 1.47. The van der Waals surface area contributed by atoms with Crippen molar-refractivity contribution in [3.8, 4) is 5.75 Å². The standard InChI is InChI=1S/C21H19ClFN5O2S2/c1-11-26-28-18-15(25-21(28)32-11)4-6-27(19(18)20-14(23)5-7-31-20)17(29)10-30-16-3-2-12(9-24)8-13(16)22/h2-3,5,7-8,19H,4,6,9-10,24H2,1H3. The van der Waals surface area contributed by atoms with Gasteiger partial charge in [-0.1, -0.05) is 29.0 Å². The molecule has 4 heterocycles. The number of nitrogens with two attached hydrogens (primary N) is 1. The quantitative estimate of drug-likeness (QED) is 0.456. The number of nitrogens with zero attached hydrogens (tertiary/aromatic N) is 4. The van der Waals surface area contributed by atoms with Crippen LogP contribution >= 0.6 is 34.3 Å². The minimum absolute atomic E-state index is 0.224. The molecule has 0 aliphatic carbocycles. The number of hydrogen-bond donors (Lipinski definition) is 1. The van der Waals surface area contributed by atoms with Gasteiger partial charge in [-0.2, -0.15) is 5.10 Å². The number of carbonyl (C=O) groups excluding carboxylic acids is 1. The fourth-order valence-electron chi connectivity index (χ4n) is 3.91. The van der Waals surface area contributed by atoms with Crippen LogP contribution in [0.15, 0.2) is 29.6 Å². The highest BCUT2D eigenvalue weighted by molar-refractivity contribution is 7.16. The third kappa shape index (κ3) is 3.66. The van der Waals surface area contributed by atoms with Gasteiger partial charge in [-0.05, 0) is 36.1 Å². The van der Waals surface area contributed by atoms with Crippen molar-refractivity contribution in [2.45, 2.75) is 25.9 Å². The predicted octanol–water partition coefficient (Wildman–Crippen LogP) is 3.97. The Morgan fingerprint density at radius 1 is 1.41 bits per heavy atom. The van der Waals surface area contributed by atoms with E-state index in [0.717, 1.165) is 26.9 Å². The lowest BCUT2D eigenvalue weighted by atomic mass is 10.0. The van der Waals surface area contributed by atoms with Crippen LogP contribution in [0, 0.1) is 12.7 Å². The number of aromatic nitrogens is 3. The lowest BCUT2D eigenvalue weighted by Gasteiger charge is -2.34. The molecule has 1 amide bonds. The number of carbonyl (C=O) groups is 1. The van der Waals surface area contributed by atoms with E-state index in [4.69, 9.17) is 22.1 Å². The Bertz CT molecular complexity index is 1320. The Hall–Kier alpha value is -2.53. The summed E-state index contributed by atoms with van der Waals surface area (Å²) in [6.45, 7) is 2.43. The summed E-state index contributed by atoms with van der Waals surface area (Å²) in [5.74, 6) is -0.223. The van der Waals surface area contributed by atoms with Crippen molar-refractivity contribution < 1.29 is 13.9 Å². The smallest absolute Gasteiger partial charge is 0.261 e. The summed E-state index contributed by atoms with van der Waals surface area (Å²) < 4.78 is 22.2. The zero-order valence-electron chi connectivity index (χ0n) is 17.0. The SMILES string of the molecule is Cc1nn2c3c(nc2s1)CCN(C(=O)COc1ccc(CN)cc1Cl)C3c1sccc1F. The molecule has 166 valence electrons. The van der Waals surface area contributed by atoms with Gasteiger partial charge in [0.15, 0.2) is 6.61 Å². The molecule has 0 saturated carbocycles. The molecular formula is C21H19ClFN5O2S2. The Morgan fingerprint density at radius 2 is 2.25 bits per heavy atom. The number of ether oxygens (including phenoxy) is 1. The molecule has 4 aromatic rings. The van der Waals surface area contributed by atoms with Crippen molar-refractivity contribution >= 4 is 45.1 Å². The minimum atomic E-state index is -0.624. The molecule has 0 spiro atoms. The molecule has 0 fully saturated rings. The molecule has 1 atom stereocenters. The first-order valence-electron chi connectivity index (χ1n) is 9.95. The zero-order valence-corrected chi connectivity index (χ0v) is 19.4. The van der Waals surface area contributed by atoms with E-state index >= 15 is 0 Å². The van der Waals surface area contributed by atoms with Crippen molar-refractivity contribution in [2.24, 2.45) is 5.73 Å². The number of imidazole rings is 1. The largest absolute Gasteiger partial charge is 0.482 e. The highest BCUT2D eigenvalue weighted by atomic mass is 35.5. The van der Waals surface area contributed by atoms with Crippen LogP contribution in [0.25, 0.3) is 4.96 Å². The first-order chi connectivity index (χ1) is 15.5. The van der Waals surface area contributed by atoms with Crippen LogP contribution in [0.4, 0.5) is 4.39 Å². The number of amides is 1. The number of thiophene rings is 1. The van der Waals surface area contributed by atoms with E-state index in [1.165, 1.54) is 28.7 Å². The van der Waals surface area contributed by atoms with Crippen LogP contribution in [0.2, 0.25) is 5.02 Å². The lowest BCUT2D eigenvalue weighted by Crippen LogP contribution is -2.43. The summed E-state index contributed by atoms with van der Waals surface area (Å²) in [7, 11) is 0. The maximum absolute atomic E-state index is 14.7. The van der Waals surface area contributed by atoms with Gasteiger partial charge in [0.2, 0.25) is 4.96 Å². The van der Waals surface area contributed by atoms with Crippen molar-refractivity contribution in [2.75, 3.05) is 13.2 Å². The third-order valence-electron chi connectivity index (χ3n) is 5.37. The van der Waals surface area contributed by atoms with E-state index in [-0.39, 0.29) is 18.3 Å². The average molecular weight is 492 g/mol. The lowest BCUT2D eigenvalue weighted by molar-refractivity contribution is -0.135. The van der Waals surface area contributed by atoms with Crippen molar-refractivity contribution in [1.29, 1.82) is 0 Å². The van der Waals surface area contributed by atoms with Gasteiger partial charge >= 0.3 is 0 Å². The molecule has 2 N–H and O–H groups in total. The van der Waals surface area contributed by atoms with Crippen molar-refractivity contribution in [3.63, 3.8) is 0 Å². The van der Waals surface area contributed by atoms with Gasteiger partial charge in [0.05, 0.1) is 21.3 Å². The number of hydrogen-bond acceptors (Lipinski definition) is 7. The van der Waals surface area contributed by atoms with Crippen molar-refractivity contribution in [3.05, 3.63) is 67.3 Å². The maximum atomic E-state index is 14.7. The summed E-state index contributed by atoms with van der Waals surface area (Å²) in [6, 6.07) is 6.00. The summed E-state index contributed by atoms with van der Waals surface area (Å²) >= 11 is 9.00. The van der Waals surface area contributed by atoms with Crippen LogP contribution in [0.1, 0.15) is 32.9 Å². The minimum Gasteiger partial charge on any atom is -0.482 e. The normalized spacial score (nSPS) is 15.9. The molecule has 0 radical (unpaired) electrons. The number of rotatable bonds is 5. The Kier molecular flexibility index (Phi) is 5.62. The van der Waals surface area contributed by atoms with Gasteiger partial charge in [0, 0.05) is 19.5 Å². The fourth-order valence-corrected chi connectivity index (χ4v) is 5.82. The van der Waals surface area contributed by atoms with Crippen LogP contribution in [-0.2, 0) is 17.8 Å². The molecule has 0 bridgehead atoms. The summed E-state index contributed by atoms with van der Waals surface area (Å²) in [5.41, 5.74) is 8.07. The molecule has 1 aliphatic rings. The fraction of sp³-hybridized carbons (Fsp3) is 0.286. The second-order valence-electron chi connectivity index (χ2n) is 7.39. The topological polar surface area (TPSA) is 85.8 Å². The molecule has 7 nitrogen and oxygen atoms in total. The summed E-state index contributed by atoms with van der Waals surface area (Å²) in [4.78, 5) is 20.8. The molecular weight excluding hydrogens is 473 g/mol. The van der Waals surface area contributed by atoms with Gasteiger partial charge in [0.25, 0.3) is 5.91 Å². The Morgan fingerprint density at radius 3 is 2.97 bits per heavy atom. The second kappa shape index (κ2) is 8.43. The van der Waals surface area contributed by atoms with Crippen LogP contribution in [-0.4, -0.2) is 38.6 Å². The molecule has 1 unspecified atom stereocenters. The van der Waals surface area contributed by atoms with E-state index in [9.17, 15) is 9.18 Å². The summed E-state index contributed by atoms with van der Waals surface area (Å²) in [5, 5.41) is 7.47. The Labute approximate surface area is 196 Å². The molecule has 1 aliphatic heterocycles. The van der Waals surface area contributed by atoms with E-state index < -0.39 is 6.04 Å². The third-order valence-corrected chi connectivity index (χ3v) is 7.44. The average Bonchev–Trinajstić information content (AvgIpc) is 3.45. The molecule has 0 saturated heterocycles. The second-order valence-corrected chi connectivity index (χ2v) is 9.90. The van der Waals surface area contributed by atoms with E-state index in [0.29, 0.717) is 35.2 Å². The zero-order chi connectivity index (χ0) is 22.4.